The van der Waals surface area contributed by atoms with E-state index in [1.807, 2.05) is 6.07 Å². The van der Waals surface area contributed by atoms with Gasteiger partial charge in [0, 0.05) is 28.2 Å². The highest BCUT2D eigenvalue weighted by molar-refractivity contribution is 7.99. The number of benzene rings is 1. The monoisotopic (exact) mass is 192 g/mol. The van der Waals surface area contributed by atoms with Crippen LogP contribution in [0.15, 0.2) is 23.1 Å². The first kappa shape index (κ1) is 8.51. The number of rotatable bonds is 1. The van der Waals surface area contributed by atoms with Gasteiger partial charge in [-0.15, -0.1) is 11.8 Å². The first-order valence-electron chi connectivity index (χ1n) is 4.06. The molecule has 0 aliphatic carbocycles. The zero-order valence-electron chi connectivity index (χ0n) is 6.95. The molecule has 0 aromatic heterocycles. The molecular weight excluding hydrogens is 184 g/mol. The van der Waals surface area contributed by atoms with Crippen molar-refractivity contribution < 1.29 is 9.59 Å². The summed E-state index contributed by atoms with van der Waals surface area (Å²) in [6.45, 7) is 0. The Bertz CT molecular complexity index is 371. The molecule has 2 nitrogen and oxygen atoms in total. The zero-order valence-corrected chi connectivity index (χ0v) is 7.76. The first-order valence-corrected chi connectivity index (χ1v) is 5.05. The van der Waals surface area contributed by atoms with Gasteiger partial charge in [0.25, 0.3) is 0 Å². The van der Waals surface area contributed by atoms with Crippen molar-refractivity contribution in [1.29, 1.82) is 0 Å². The summed E-state index contributed by atoms with van der Waals surface area (Å²) in [7, 11) is 0. The Morgan fingerprint density at radius 3 is 3.00 bits per heavy atom. The van der Waals surface area contributed by atoms with Crippen molar-refractivity contribution in [2.75, 3.05) is 5.75 Å². The molecule has 1 aromatic carbocycles. The molecule has 0 radical (unpaired) electrons. The predicted octanol–water partition coefficient (Wildman–Crippen LogP) is 2.18. The summed E-state index contributed by atoms with van der Waals surface area (Å²) < 4.78 is 0. The Morgan fingerprint density at radius 1 is 1.38 bits per heavy atom. The van der Waals surface area contributed by atoms with E-state index in [4.69, 9.17) is 0 Å². The van der Waals surface area contributed by atoms with Crippen molar-refractivity contribution in [3.63, 3.8) is 0 Å². The van der Waals surface area contributed by atoms with Crippen molar-refractivity contribution in [2.45, 2.75) is 11.3 Å². The Morgan fingerprint density at radius 2 is 2.23 bits per heavy atom. The number of thioether (sulfide) groups is 1. The fourth-order valence-electron chi connectivity index (χ4n) is 1.35. The molecule has 0 N–H and O–H groups in total. The third kappa shape index (κ3) is 1.52. The maximum absolute atomic E-state index is 11.4. The van der Waals surface area contributed by atoms with Gasteiger partial charge in [0.1, 0.15) is 6.29 Å². The maximum atomic E-state index is 11.4. The predicted molar refractivity (Wildman–Crippen MR) is 51.5 cm³/mol. The molecule has 1 heterocycles. The second-order valence-corrected chi connectivity index (χ2v) is 4.03. The summed E-state index contributed by atoms with van der Waals surface area (Å²) in [6.07, 6.45) is 1.35. The molecule has 0 saturated carbocycles. The topological polar surface area (TPSA) is 34.1 Å². The highest BCUT2D eigenvalue weighted by Gasteiger charge is 2.17. The first-order chi connectivity index (χ1) is 6.31. The highest BCUT2D eigenvalue weighted by atomic mass is 32.2. The summed E-state index contributed by atoms with van der Waals surface area (Å²) in [5.41, 5.74) is 1.29. The van der Waals surface area contributed by atoms with Crippen LogP contribution in [0.4, 0.5) is 0 Å². The second kappa shape index (κ2) is 3.34. The number of Topliss-reactive ketones (excluding diaryl/α,β-unsaturated/α-hetero) is 1. The minimum absolute atomic E-state index is 0.150. The van der Waals surface area contributed by atoms with Gasteiger partial charge in [0.15, 0.2) is 5.78 Å². The van der Waals surface area contributed by atoms with Gasteiger partial charge in [0.05, 0.1) is 0 Å². The van der Waals surface area contributed by atoms with Gasteiger partial charge >= 0.3 is 0 Å². The van der Waals surface area contributed by atoms with Crippen molar-refractivity contribution in [2.24, 2.45) is 0 Å². The van der Waals surface area contributed by atoms with E-state index in [9.17, 15) is 9.59 Å². The molecule has 1 aliphatic rings. The van der Waals surface area contributed by atoms with Gasteiger partial charge in [-0.3, -0.25) is 9.59 Å². The molecule has 66 valence electrons. The SMILES string of the molecule is O=Cc1ccc2c(c1)C(=O)CCS2. The van der Waals surface area contributed by atoms with Gasteiger partial charge in [-0.05, 0) is 12.1 Å². The van der Waals surface area contributed by atoms with Crippen molar-refractivity contribution >= 4 is 23.8 Å². The van der Waals surface area contributed by atoms with Crippen LogP contribution in [0.1, 0.15) is 27.1 Å². The molecule has 0 fully saturated rings. The molecule has 2 rings (SSSR count). The number of ketones is 1. The summed E-state index contributed by atoms with van der Waals surface area (Å²) in [6, 6.07) is 5.27. The summed E-state index contributed by atoms with van der Waals surface area (Å²) >= 11 is 1.67. The van der Waals surface area contributed by atoms with Crippen LogP contribution < -0.4 is 0 Å². The third-order valence-corrected chi connectivity index (χ3v) is 3.10. The molecule has 0 unspecified atom stereocenters. The van der Waals surface area contributed by atoms with Gasteiger partial charge in [0.2, 0.25) is 0 Å². The van der Waals surface area contributed by atoms with Crippen LogP contribution in [-0.4, -0.2) is 17.8 Å². The number of carbonyl (C=O) groups excluding carboxylic acids is 2. The lowest BCUT2D eigenvalue weighted by Crippen LogP contribution is -2.08. The number of fused-ring (bicyclic) bond motifs is 1. The van der Waals surface area contributed by atoms with Crippen LogP contribution in [0.25, 0.3) is 0 Å². The molecule has 0 bridgehead atoms. The molecule has 13 heavy (non-hydrogen) atoms. The number of hydrogen-bond acceptors (Lipinski definition) is 3. The normalized spacial score (nSPS) is 15.2. The molecule has 0 saturated heterocycles. The fourth-order valence-corrected chi connectivity index (χ4v) is 2.35. The Hall–Kier alpha value is -1.09. The summed E-state index contributed by atoms with van der Waals surface area (Å²) in [5, 5.41) is 0. The zero-order chi connectivity index (χ0) is 9.26. The minimum Gasteiger partial charge on any atom is -0.298 e. The average Bonchev–Trinajstić information content (AvgIpc) is 2.18. The van der Waals surface area contributed by atoms with Crippen LogP contribution >= 0.6 is 11.8 Å². The smallest absolute Gasteiger partial charge is 0.164 e. The van der Waals surface area contributed by atoms with E-state index in [1.54, 1.807) is 23.9 Å². The van der Waals surface area contributed by atoms with E-state index in [0.29, 0.717) is 17.5 Å². The quantitative estimate of drug-likeness (QED) is 0.639. The number of aldehydes is 1. The second-order valence-electron chi connectivity index (χ2n) is 2.90. The van der Waals surface area contributed by atoms with Gasteiger partial charge in [-0.2, -0.15) is 0 Å². The molecule has 1 aromatic rings. The minimum atomic E-state index is 0.150. The van der Waals surface area contributed by atoms with Crippen molar-refractivity contribution in [3.05, 3.63) is 29.3 Å². The van der Waals surface area contributed by atoms with Gasteiger partial charge in [-0.25, -0.2) is 0 Å². The molecule has 3 heteroatoms. The Labute approximate surface area is 80.3 Å². The summed E-state index contributed by atoms with van der Waals surface area (Å²) in [5.74, 6) is 1.00. The van der Waals surface area contributed by atoms with Crippen LogP contribution in [0.3, 0.4) is 0 Å². The number of carbonyl (C=O) groups is 2. The Kier molecular flexibility index (Phi) is 2.19. The van der Waals surface area contributed by atoms with Crippen LogP contribution in [0.5, 0.6) is 0 Å². The van der Waals surface area contributed by atoms with E-state index >= 15 is 0 Å². The summed E-state index contributed by atoms with van der Waals surface area (Å²) in [4.78, 5) is 22.9. The van der Waals surface area contributed by atoms with Gasteiger partial charge in [-0.1, -0.05) is 6.07 Å². The van der Waals surface area contributed by atoms with Crippen molar-refractivity contribution in [3.8, 4) is 0 Å². The van der Waals surface area contributed by atoms with Crippen LogP contribution in [-0.2, 0) is 0 Å². The van der Waals surface area contributed by atoms with E-state index in [-0.39, 0.29) is 5.78 Å². The lowest BCUT2D eigenvalue weighted by atomic mass is 10.1. The Balaban J connectivity index is 2.53. The lowest BCUT2D eigenvalue weighted by molar-refractivity contribution is 0.0985. The lowest BCUT2D eigenvalue weighted by Gasteiger charge is -2.13. The van der Waals surface area contributed by atoms with Crippen LogP contribution in [0, 0.1) is 0 Å². The van der Waals surface area contributed by atoms with E-state index in [2.05, 4.69) is 0 Å². The standard InChI is InChI=1S/C10H8O2S/c11-6-7-1-2-10-8(5-7)9(12)3-4-13-10/h1-2,5-6H,3-4H2. The molecular formula is C10H8O2S. The average molecular weight is 192 g/mol. The maximum Gasteiger partial charge on any atom is 0.164 e. The fraction of sp³-hybridized carbons (Fsp3) is 0.200. The third-order valence-electron chi connectivity index (χ3n) is 2.03. The highest BCUT2D eigenvalue weighted by Crippen LogP contribution is 2.30. The van der Waals surface area contributed by atoms with E-state index in [0.717, 1.165) is 16.9 Å². The van der Waals surface area contributed by atoms with E-state index in [1.165, 1.54) is 0 Å². The van der Waals surface area contributed by atoms with Crippen LogP contribution in [0.2, 0.25) is 0 Å². The molecule has 1 aliphatic heterocycles. The molecule has 0 amide bonds. The molecule has 0 atom stereocenters. The molecule has 0 spiro atoms. The largest absolute Gasteiger partial charge is 0.298 e. The van der Waals surface area contributed by atoms with Crippen molar-refractivity contribution in [1.82, 2.24) is 0 Å². The number of hydrogen-bond donors (Lipinski definition) is 0. The van der Waals surface area contributed by atoms with Gasteiger partial charge < -0.3 is 0 Å². The van der Waals surface area contributed by atoms with E-state index < -0.39 is 0 Å².